The second-order valence-electron chi connectivity index (χ2n) is 9.52. The Bertz CT molecular complexity index is 498. The maximum Gasteiger partial charge on any atom is 0.173 e. The maximum atomic E-state index is 5.79. The molecule has 5 aliphatic heterocycles. The molecule has 31 heavy (non-hydrogen) atoms. The van der Waals surface area contributed by atoms with E-state index in [2.05, 4.69) is 47.1 Å². The van der Waals surface area contributed by atoms with Crippen molar-refractivity contribution in [2.24, 2.45) is 0 Å². The van der Waals surface area contributed by atoms with Gasteiger partial charge in [-0.1, -0.05) is 6.42 Å². The number of hydrogen-bond donors (Lipinski definition) is 2. The van der Waals surface area contributed by atoms with Crippen LogP contribution >= 0.6 is 11.8 Å². The molecule has 5 saturated heterocycles. The van der Waals surface area contributed by atoms with Crippen LogP contribution in [0.15, 0.2) is 0 Å². The molecule has 9 heteroatoms. The van der Waals surface area contributed by atoms with Crippen molar-refractivity contribution in [3.05, 3.63) is 0 Å². The second-order valence-corrected chi connectivity index (χ2v) is 10.7. The van der Waals surface area contributed by atoms with Gasteiger partial charge in [-0.25, -0.2) is 10.0 Å². The van der Waals surface area contributed by atoms with Crippen LogP contribution < -0.4 is 10.6 Å². The lowest BCUT2D eigenvalue weighted by Gasteiger charge is -2.64. The van der Waals surface area contributed by atoms with Gasteiger partial charge in [-0.05, 0) is 25.8 Å². The Hall–Kier alpha value is 0.0300. The van der Waals surface area contributed by atoms with Gasteiger partial charge in [0.25, 0.3) is 0 Å². The van der Waals surface area contributed by atoms with Gasteiger partial charge in [0.2, 0.25) is 0 Å². The van der Waals surface area contributed by atoms with Crippen molar-refractivity contribution in [1.29, 1.82) is 0 Å². The van der Waals surface area contributed by atoms with Gasteiger partial charge in [-0.3, -0.25) is 20.0 Å². The van der Waals surface area contributed by atoms with Gasteiger partial charge in [0.1, 0.15) is 6.17 Å². The molecule has 2 atom stereocenters. The van der Waals surface area contributed by atoms with E-state index < -0.39 is 0 Å². The maximum absolute atomic E-state index is 5.79. The van der Waals surface area contributed by atoms with E-state index in [1.807, 2.05) is 0 Å². The van der Waals surface area contributed by atoms with Gasteiger partial charge in [0, 0.05) is 83.5 Å². The Morgan fingerprint density at radius 3 is 2.16 bits per heavy atom. The standard InChI is InChI=1S/C22H43N7OS/c1-2-8-26(9-3-1)22(27-15-19-31-20-16-27)21(25-13-17-30-18-14-25)24-5-4-10-29(22)28-11-6-23-7-12-28/h21,23-24H,1-20H2. The molecule has 0 aromatic rings. The van der Waals surface area contributed by atoms with Crippen LogP contribution in [-0.2, 0) is 4.74 Å². The lowest BCUT2D eigenvalue weighted by Crippen LogP contribution is -2.84. The fourth-order valence-corrected chi connectivity index (χ4v) is 7.25. The van der Waals surface area contributed by atoms with Gasteiger partial charge in [-0.2, -0.15) is 11.8 Å². The molecule has 2 N–H and O–H groups in total. The second kappa shape index (κ2) is 11.0. The largest absolute Gasteiger partial charge is 0.379 e. The van der Waals surface area contributed by atoms with Crippen molar-refractivity contribution in [2.75, 3.05) is 103 Å². The first-order valence-corrected chi connectivity index (χ1v) is 13.9. The summed E-state index contributed by atoms with van der Waals surface area (Å²) >= 11 is 2.13. The summed E-state index contributed by atoms with van der Waals surface area (Å²) in [7, 11) is 0. The number of nitrogens with one attached hydrogen (secondary N) is 2. The first-order chi connectivity index (χ1) is 15.4. The summed E-state index contributed by atoms with van der Waals surface area (Å²) < 4.78 is 5.79. The number of piperidine rings is 1. The molecule has 2 unspecified atom stereocenters. The summed E-state index contributed by atoms with van der Waals surface area (Å²) in [6, 6.07) is 0. The van der Waals surface area contributed by atoms with Crippen LogP contribution in [0.1, 0.15) is 25.7 Å². The highest BCUT2D eigenvalue weighted by Crippen LogP contribution is 2.38. The normalized spacial score (nSPS) is 37.0. The molecule has 178 valence electrons. The van der Waals surface area contributed by atoms with Gasteiger partial charge < -0.3 is 10.1 Å². The van der Waals surface area contributed by atoms with E-state index in [1.165, 1.54) is 63.4 Å². The summed E-state index contributed by atoms with van der Waals surface area (Å²) in [6.07, 6.45) is 5.56. The van der Waals surface area contributed by atoms with Crippen molar-refractivity contribution >= 4 is 11.8 Å². The van der Waals surface area contributed by atoms with Crippen molar-refractivity contribution in [3.63, 3.8) is 0 Å². The number of morpholine rings is 1. The van der Waals surface area contributed by atoms with Crippen molar-refractivity contribution in [3.8, 4) is 0 Å². The first kappa shape index (κ1) is 22.8. The minimum Gasteiger partial charge on any atom is -0.379 e. The molecule has 5 aliphatic rings. The lowest BCUT2D eigenvalue weighted by molar-refractivity contribution is -0.282. The van der Waals surface area contributed by atoms with Crippen LogP contribution in [0.2, 0.25) is 0 Å². The number of ether oxygens (including phenoxy) is 1. The zero-order chi connectivity index (χ0) is 20.9. The Kier molecular flexibility index (Phi) is 8.07. The number of piperazine rings is 1. The van der Waals surface area contributed by atoms with Crippen LogP contribution in [0.4, 0.5) is 0 Å². The molecule has 0 amide bonds. The Labute approximate surface area is 192 Å². The molecule has 0 aromatic heterocycles. The van der Waals surface area contributed by atoms with Crippen LogP contribution in [0.5, 0.6) is 0 Å². The summed E-state index contributed by atoms with van der Waals surface area (Å²) in [5.41, 5.74) is 0. The third-order valence-electron chi connectivity index (χ3n) is 7.77. The topological polar surface area (TPSA) is 49.5 Å². The molecule has 5 fully saturated rings. The van der Waals surface area contributed by atoms with Crippen LogP contribution in [0.25, 0.3) is 0 Å². The zero-order valence-corrected chi connectivity index (χ0v) is 20.1. The van der Waals surface area contributed by atoms with E-state index in [0.29, 0.717) is 6.17 Å². The monoisotopic (exact) mass is 453 g/mol. The molecule has 5 rings (SSSR count). The highest BCUT2D eigenvalue weighted by Gasteiger charge is 2.57. The van der Waals surface area contributed by atoms with Crippen LogP contribution in [0.3, 0.4) is 0 Å². The third-order valence-corrected chi connectivity index (χ3v) is 8.72. The molecule has 0 radical (unpaired) electrons. The summed E-state index contributed by atoms with van der Waals surface area (Å²) in [6.45, 7) is 15.3. The average Bonchev–Trinajstić information content (AvgIpc) is 3.07. The lowest BCUT2D eigenvalue weighted by atomic mass is 10.0. The minimum absolute atomic E-state index is 0.105. The summed E-state index contributed by atoms with van der Waals surface area (Å²) in [4.78, 5) is 8.50. The van der Waals surface area contributed by atoms with E-state index in [0.717, 1.165) is 65.6 Å². The highest BCUT2D eigenvalue weighted by atomic mass is 32.2. The van der Waals surface area contributed by atoms with Gasteiger partial charge in [-0.15, -0.1) is 0 Å². The minimum atomic E-state index is -0.105. The van der Waals surface area contributed by atoms with E-state index in [1.54, 1.807) is 0 Å². The highest BCUT2D eigenvalue weighted by molar-refractivity contribution is 7.99. The predicted molar refractivity (Wildman–Crippen MR) is 127 cm³/mol. The van der Waals surface area contributed by atoms with E-state index >= 15 is 0 Å². The number of likely N-dealkylation sites (tertiary alicyclic amines) is 1. The number of thioether (sulfide) groups is 1. The summed E-state index contributed by atoms with van der Waals surface area (Å²) in [5, 5.41) is 13.3. The number of rotatable bonds is 4. The fraction of sp³-hybridized carbons (Fsp3) is 1.00. The number of hydrogen-bond acceptors (Lipinski definition) is 9. The summed E-state index contributed by atoms with van der Waals surface area (Å²) in [5.74, 6) is 2.40. The molecule has 0 saturated carbocycles. The molecular weight excluding hydrogens is 410 g/mol. The van der Waals surface area contributed by atoms with Gasteiger partial charge in [0.05, 0.1) is 13.2 Å². The van der Waals surface area contributed by atoms with Crippen molar-refractivity contribution < 1.29 is 4.74 Å². The van der Waals surface area contributed by atoms with Crippen LogP contribution in [-0.4, -0.2) is 140 Å². The molecule has 0 bridgehead atoms. The SMILES string of the molecule is C1CCN(C2(N3CCSCC3)C(N3CCOCC3)NCCCN2N2CCNCC2)CC1. The molecule has 5 heterocycles. The quantitative estimate of drug-likeness (QED) is 0.610. The predicted octanol–water partition coefficient (Wildman–Crippen LogP) is -0.0513. The number of nitrogens with zero attached hydrogens (tertiary/aromatic N) is 5. The van der Waals surface area contributed by atoms with Gasteiger partial charge in [0.15, 0.2) is 5.79 Å². The van der Waals surface area contributed by atoms with Crippen molar-refractivity contribution in [2.45, 2.75) is 37.6 Å². The number of hydrazine groups is 1. The molecule has 0 spiro atoms. The third kappa shape index (κ3) is 4.68. The Morgan fingerprint density at radius 1 is 0.710 bits per heavy atom. The molecule has 0 aromatic carbocycles. The Balaban J connectivity index is 1.59. The van der Waals surface area contributed by atoms with Crippen LogP contribution in [0, 0.1) is 0 Å². The Morgan fingerprint density at radius 2 is 1.42 bits per heavy atom. The van der Waals surface area contributed by atoms with E-state index in [9.17, 15) is 0 Å². The first-order valence-electron chi connectivity index (χ1n) is 12.8. The fourth-order valence-electron chi connectivity index (χ4n) is 6.35. The molecule has 8 nitrogen and oxygen atoms in total. The van der Waals surface area contributed by atoms with E-state index in [-0.39, 0.29) is 5.79 Å². The van der Waals surface area contributed by atoms with Gasteiger partial charge >= 0.3 is 0 Å². The molecular formula is C22H43N7OS. The molecule has 0 aliphatic carbocycles. The average molecular weight is 454 g/mol. The smallest absolute Gasteiger partial charge is 0.173 e. The zero-order valence-electron chi connectivity index (χ0n) is 19.3. The van der Waals surface area contributed by atoms with Crippen molar-refractivity contribution in [1.82, 2.24) is 35.4 Å². The van der Waals surface area contributed by atoms with E-state index in [4.69, 9.17) is 4.74 Å².